The van der Waals surface area contributed by atoms with Gasteiger partial charge in [-0.3, -0.25) is 4.79 Å². The Bertz CT molecular complexity index is 458. The Balaban J connectivity index is 2.76. The molecule has 0 radical (unpaired) electrons. The lowest BCUT2D eigenvalue weighted by atomic mass is 9.96. The van der Waals surface area contributed by atoms with Crippen molar-refractivity contribution in [3.8, 4) is 0 Å². The van der Waals surface area contributed by atoms with Crippen LogP contribution in [0.2, 0.25) is 0 Å². The highest BCUT2D eigenvalue weighted by Crippen LogP contribution is 2.15. The first-order valence-corrected chi connectivity index (χ1v) is 7.45. The number of hydrogen-bond acceptors (Lipinski definition) is 2. The maximum absolute atomic E-state index is 12.4. The summed E-state index contributed by atoms with van der Waals surface area (Å²) in [6, 6.07) is 10.1. The van der Waals surface area contributed by atoms with Crippen LogP contribution in [0, 0.1) is 5.41 Å². The quantitative estimate of drug-likeness (QED) is 0.751. The van der Waals surface area contributed by atoms with E-state index in [1.807, 2.05) is 43.3 Å². The van der Waals surface area contributed by atoms with E-state index < -0.39 is 0 Å². The minimum atomic E-state index is 0.0234. The van der Waals surface area contributed by atoms with Gasteiger partial charge in [0.25, 0.3) is 0 Å². The lowest BCUT2D eigenvalue weighted by Gasteiger charge is -2.24. The summed E-state index contributed by atoms with van der Waals surface area (Å²) in [5, 5.41) is 0. The summed E-state index contributed by atoms with van der Waals surface area (Å²) < 4.78 is 0. The van der Waals surface area contributed by atoms with E-state index in [1.54, 1.807) is 6.08 Å². The molecular formula is C18H28N2O. The third-order valence-corrected chi connectivity index (χ3v) is 3.07. The molecular weight excluding hydrogens is 260 g/mol. The predicted molar refractivity (Wildman–Crippen MR) is 89.0 cm³/mol. The van der Waals surface area contributed by atoms with E-state index in [0.29, 0.717) is 6.54 Å². The molecule has 0 aromatic heterocycles. The van der Waals surface area contributed by atoms with Crippen molar-refractivity contribution in [2.45, 2.75) is 27.3 Å². The minimum Gasteiger partial charge on any atom is -0.334 e. The average molecular weight is 288 g/mol. The molecule has 0 atom stereocenters. The fraction of sp³-hybridized carbons (Fsp3) is 0.500. The molecule has 0 unspecified atom stereocenters. The molecule has 0 saturated heterocycles. The van der Waals surface area contributed by atoms with Crippen LogP contribution in [-0.2, 0) is 11.3 Å². The van der Waals surface area contributed by atoms with Gasteiger partial charge in [0.1, 0.15) is 0 Å². The molecule has 3 heteroatoms. The second kappa shape index (κ2) is 7.99. The minimum absolute atomic E-state index is 0.0234. The molecule has 1 aromatic rings. The predicted octanol–water partition coefficient (Wildman–Crippen LogP) is 3.18. The van der Waals surface area contributed by atoms with Crippen molar-refractivity contribution in [2.24, 2.45) is 5.41 Å². The van der Waals surface area contributed by atoms with E-state index >= 15 is 0 Å². The van der Waals surface area contributed by atoms with Crippen molar-refractivity contribution >= 4 is 5.91 Å². The maximum Gasteiger partial charge on any atom is 0.246 e. The molecule has 116 valence electrons. The van der Waals surface area contributed by atoms with E-state index in [-0.39, 0.29) is 11.3 Å². The molecule has 1 amide bonds. The monoisotopic (exact) mass is 288 g/mol. The van der Waals surface area contributed by atoms with Gasteiger partial charge in [-0.1, -0.05) is 57.2 Å². The van der Waals surface area contributed by atoms with E-state index in [1.165, 1.54) is 0 Å². The second-order valence-corrected chi connectivity index (χ2v) is 6.75. The molecule has 0 fully saturated rings. The van der Waals surface area contributed by atoms with Crippen molar-refractivity contribution in [1.29, 1.82) is 0 Å². The second-order valence-electron chi connectivity index (χ2n) is 6.75. The summed E-state index contributed by atoms with van der Waals surface area (Å²) in [6.45, 7) is 8.54. The summed E-state index contributed by atoms with van der Waals surface area (Å²) in [5.41, 5.74) is 1.18. The van der Waals surface area contributed by atoms with Gasteiger partial charge in [-0.2, -0.15) is 0 Å². The topological polar surface area (TPSA) is 23.6 Å². The summed E-state index contributed by atoms with van der Waals surface area (Å²) in [6.07, 6.45) is 3.68. The van der Waals surface area contributed by atoms with Gasteiger partial charge in [0.05, 0.1) is 0 Å². The summed E-state index contributed by atoms with van der Waals surface area (Å²) in [5.74, 6) is 0.0793. The molecule has 0 aliphatic rings. The summed E-state index contributed by atoms with van der Waals surface area (Å²) >= 11 is 0. The van der Waals surface area contributed by atoms with Gasteiger partial charge in [-0.25, -0.2) is 0 Å². The van der Waals surface area contributed by atoms with Crippen LogP contribution in [-0.4, -0.2) is 42.9 Å². The number of carbonyl (C=O) groups excluding carboxylic acids is 1. The molecule has 3 nitrogen and oxygen atoms in total. The molecule has 1 aromatic carbocycles. The molecule has 1 rings (SSSR count). The number of rotatable bonds is 6. The first-order chi connectivity index (χ1) is 9.78. The number of allylic oxidation sites excluding steroid dienone is 1. The first-order valence-electron chi connectivity index (χ1n) is 7.45. The number of nitrogens with zero attached hydrogens (tertiary/aromatic N) is 2. The van der Waals surface area contributed by atoms with Crippen LogP contribution in [0.15, 0.2) is 42.5 Å². The lowest BCUT2D eigenvalue weighted by Crippen LogP contribution is -2.35. The first kappa shape index (κ1) is 17.4. The van der Waals surface area contributed by atoms with Gasteiger partial charge >= 0.3 is 0 Å². The van der Waals surface area contributed by atoms with Gasteiger partial charge in [0.2, 0.25) is 5.91 Å². The van der Waals surface area contributed by atoms with Crippen LogP contribution >= 0.6 is 0 Å². The Kier molecular flexibility index (Phi) is 6.63. The van der Waals surface area contributed by atoms with Crippen molar-refractivity contribution in [3.63, 3.8) is 0 Å². The van der Waals surface area contributed by atoms with Crippen LogP contribution in [0.4, 0.5) is 0 Å². The van der Waals surface area contributed by atoms with Gasteiger partial charge in [-0.05, 0) is 31.1 Å². The Hall–Kier alpha value is -1.61. The highest BCUT2D eigenvalue weighted by molar-refractivity contribution is 5.87. The Morgan fingerprint density at radius 2 is 1.71 bits per heavy atom. The number of hydrogen-bond donors (Lipinski definition) is 0. The largest absolute Gasteiger partial charge is 0.334 e. The molecule has 0 aliphatic heterocycles. The van der Waals surface area contributed by atoms with Crippen LogP contribution < -0.4 is 0 Å². The van der Waals surface area contributed by atoms with Gasteiger partial charge in [-0.15, -0.1) is 0 Å². The SMILES string of the molecule is CN(C)CCN(Cc1ccccc1)C(=O)/C=C/C(C)(C)C. The van der Waals surface area contributed by atoms with Crippen LogP contribution in [0.3, 0.4) is 0 Å². The standard InChI is InChI=1S/C18H28N2O/c1-18(2,3)12-11-17(21)20(14-13-19(4)5)15-16-9-7-6-8-10-16/h6-12H,13-15H2,1-5H3/b12-11+. The zero-order valence-electron chi connectivity index (χ0n) is 14.0. The summed E-state index contributed by atoms with van der Waals surface area (Å²) in [7, 11) is 4.05. The van der Waals surface area contributed by atoms with Crippen molar-refractivity contribution in [2.75, 3.05) is 27.2 Å². The highest BCUT2D eigenvalue weighted by atomic mass is 16.2. The fourth-order valence-electron chi connectivity index (χ4n) is 1.82. The van der Waals surface area contributed by atoms with E-state index in [0.717, 1.165) is 18.7 Å². The average Bonchev–Trinajstić information content (AvgIpc) is 2.41. The number of amides is 1. The van der Waals surface area contributed by atoms with Gasteiger partial charge in [0, 0.05) is 19.6 Å². The molecule has 0 bridgehead atoms. The fourth-order valence-corrected chi connectivity index (χ4v) is 1.82. The molecule has 0 aliphatic carbocycles. The highest BCUT2D eigenvalue weighted by Gasteiger charge is 2.13. The van der Waals surface area contributed by atoms with Crippen LogP contribution in [0.1, 0.15) is 26.3 Å². The number of benzene rings is 1. The lowest BCUT2D eigenvalue weighted by molar-refractivity contribution is -0.126. The Morgan fingerprint density at radius 1 is 1.10 bits per heavy atom. The Labute approximate surface area is 129 Å². The molecule has 0 N–H and O–H groups in total. The van der Waals surface area contributed by atoms with E-state index in [9.17, 15) is 4.79 Å². The maximum atomic E-state index is 12.4. The normalized spacial score (nSPS) is 12.1. The number of likely N-dealkylation sites (N-methyl/N-ethyl adjacent to an activating group) is 1. The van der Waals surface area contributed by atoms with Crippen molar-refractivity contribution in [1.82, 2.24) is 9.80 Å². The summed E-state index contributed by atoms with van der Waals surface area (Å²) in [4.78, 5) is 16.4. The van der Waals surface area contributed by atoms with Crippen LogP contribution in [0.5, 0.6) is 0 Å². The van der Waals surface area contributed by atoms with E-state index in [2.05, 4.69) is 37.8 Å². The van der Waals surface area contributed by atoms with Gasteiger partial charge in [0.15, 0.2) is 0 Å². The molecule has 0 heterocycles. The molecule has 21 heavy (non-hydrogen) atoms. The third kappa shape index (κ3) is 7.66. The van der Waals surface area contributed by atoms with Crippen molar-refractivity contribution in [3.05, 3.63) is 48.0 Å². The van der Waals surface area contributed by atoms with Crippen LogP contribution in [0.25, 0.3) is 0 Å². The third-order valence-electron chi connectivity index (χ3n) is 3.07. The Morgan fingerprint density at radius 3 is 2.24 bits per heavy atom. The zero-order chi connectivity index (χ0) is 15.9. The smallest absolute Gasteiger partial charge is 0.246 e. The molecule has 0 saturated carbocycles. The molecule has 0 spiro atoms. The van der Waals surface area contributed by atoms with Crippen molar-refractivity contribution < 1.29 is 4.79 Å². The zero-order valence-corrected chi connectivity index (χ0v) is 14.0. The number of carbonyl (C=O) groups is 1. The van der Waals surface area contributed by atoms with Gasteiger partial charge < -0.3 is 9.80 Å². The van der Waals surface area contributed by atoms with E-state index in [4.69, 9.17) is 0 Å².